The van der Waals surface area contributed by atoms with Gasteiger partial charge in [-0.05, 0) is 55.4 Å². The number of aryl methyl sites for hydroxylation is 1. The molecule has 0 aliphatic heterocycles. The van der Waals surface area contributed by atoms with Gasteiger partial charge < -0.3 is 10.6 Å². The molecule has 0 spiro atoms. The highest BCUT2D eigenvalue weighted by atomic mass is 79.9. The standard InChI is InChI=1S/C17H19BrN2S/c1-3-16(13-6-8-14(18)9-7-13)20-17(21)19-15-10-4-12(2)5-11-15/h4-11,16H,3H2,1-2H3,(H2,19,20,21)/t16-/m0/s1. The van der Waals surface area contributed by atoms with Crippen molar-refractivity contribution in [1.29, 1.82) is 0 Å². The van der Waals surface area contributed by atoms with Gasteiger partial charge in [0.25, 0.3) is 0 Å². The molecular weight excluding hydrogens is 344 g/mol. The van der Waals surface area contributed by atoms with Crippen LogP contribution in [-0.2, 0) is 0 Å². The van der Waals surface area contributed by atoms with Gasteiger partial charge in [-0.1, -0.05) is 52.7 Å². The maximum atomic E-state index is 5.41. The van der Waals surface area contributed by atoms with E-state index in [1.165, 1.54) is 11.1 Å². The molecule has 2 rings (SSSR count). The maximum absolute atomic E-state index is 5.41. The molecule has 0 aliphatic carbocycles. The smallest absolute Gasteiger partial charge is 0.171 e. The van der Waals surface area contributed by atoms with Crippen LogP contribution in [-0.4, -0.2) is 5.11 Å². The number of anilines is 1. The van der Waals surface area contributed by atoms with Crippen molar-refractivity contribution >= 4 is 38.9 Å². The SMILES string of the molecule is CC[C@H](NC(=S)Nc1ccc(C)cc1)c1ccc(Br)cc1. The molecule has 0 radical (unpaired) electrons. The van der Waals surface area contributed by atoms with Crippen LogP contribution in [0.25, 0.3) is 0 Å². The Bertz CT molecular complexity index is 593. The highest BCUT2D eigenvalue weighted by molar-refractivity contribution is 9.10. The van der Waals surface area contributed by atoms with Gasteiger partial charge in [0.1, 0.15) is 0 Å². The molecule has 0 unspecified atom stereocenters. The largest absolute Gasteiger partial charge is 0.356 e. The predicted octanol–water partition coefficient (Wildman–Crippen LogP) is 5.20. The van der Waals surface area contributed by atoms with Crippen LogP contribution in [0.15, 0.2) is 53.0 Å². The third-order valence-corrected chi connectivity index (χ3v) is 4.04. The van der Waals surface area contributed by atoms with Crippen LogP contribution in [0, 0.1) is 6.92 Å². The normalized spacial score (nSPS) is 11.8. The molecule has 110 valence electrons. The van der Waals surface area contributed by atoms with Crippen LogP contribution in [0.1, 0.15) is 30.5 Å². The van der Waals surface area contributed by atoms with Gasteiger partial charge >= 0.3 is 0 Å². The Morgan fingerprint density at radius 1 is 1.10 bits per heavy atom. The van der Waals surface area contributed by atoms with Crippen molar-refractivity contribution in [2.75, 3.05) is 5.32 Å². The Hall–Kier alpha value is -1.39. The van der Waals surface area contributed by atoms with Crippen LogP contribution in [0.3, 0.4) is 0 Å². The fraction of sp³-hybridized carbons (Fsp3) is 0.235. The number of benzene rings is 2. The van der Waals surface area contributed by atoms with E-state index in [-0.39, 0.29) is 6.04 Å². The fourth-order valence-electron chi connectivity index (χ4n) is 2.08. The third-order valence-electron chi connectivity index (χ3n) is 3.30. The minimum absolute atomic E-state index is 0.212. The van der Waals surface area contributed by atoms with Crippen LogP contribution in [0.2, 0.25) is 0 Å². The molecule has 2 aromatic carbocycles. The first-order valence-electron chi connectivity index (χ1n) is 6.98. The summed E-state index contributed by atoms with van der Waals surface area (Å²) in [4.78, 5) is 0. The zero-order chi connectivity index (χ0) is 15.2. The van der Waals surface area contributed by atoms with E-state index in [2.05, 4.69) is 76.8 Å². The number of hydrogen-bond donors (Lipinski definition) is 2. The molecule has 1 atom stereocenters. The molecule has 2 aromatic rings. The van der Waals surface area contributed by atoms with Crippen LogP contribution in [0.5, 0.6) is 0 Å². The summed E-state index contributed by atoms with van der Waals surface area (Å²) < 4.78 is 1.08. The Balaban J connectivity index is 1.99. The van der Waals surface area contributed by atoms with Crippen molar-refractivity contribution in [3.63, 3.8) is 0 Å². The van der Waals surface area contributed by atoms with Gasteiger partial charge in [-0.3, -0.25) is 0 Å². The Labute approximate surface area is 140 Å². The second kappa shape index (κ2) is 7.57. The fourth-order valence-corrected chi connectivity index (χ4v) is 2.60. The number of nitrogens with one attached hydrogen (secondary N) is 2. The van der Waals surface area contributed by atoms with Gasteiger partial charge in [-0.25, -0.2) is 0 Å². The molecule has 0 saturated carbocycles. The topological polar surface area (TPSA) is 24.1 Å². The van der Waals surface area contributed by atoms with Crippen LogP contribution < -0.4 is 10.6 Å². The average molecular weight is 363 g/mol. The monoisotopic (exact) mass is 362 g/mol. The van der Waals surface area contributed by atoms with Gasteiger partial charge in [0, 0.05) is 10.2 Å². The molecule has 0 fully saturated rings. The third kappa shape index (κ3) is 4.83. The van der Waals surface area contributed by atoms with E-state index in [1.54, 1.807) is 0 Å². The molecule has 4 heteroatoms. The summed E-state index contributed by atoms with van der Waals surface area (Å²) in [6.45, 7) is 4.22. The molecule has 21 heavy (non-hydrogen) atoms. The van der Waals surface area contributed by atoms with E-state index in [4.69, 9.17) is 12.2 Å². The van der Waals surface area contributed by atoms with Gasteiger partial charge in [0.2, 0.25) is 0 Å². The molecule has 0 heterocycles. The molecule has 2 nitrogen and oxygen atoms in total. The molecule has 0 amide bonds. The zero-order valence-corrected chi connectivity index (χ0v) is 14.6. The molecule has 0 aromatic heterocycles. The second-order valence-electron chi connectivity index (χ2n) is 4.98. The number of hydrogen-bond acceptors (Lipinski definition) is 1. The van der Waals surface area contributed by atoms with Crippen molar-refractivity contribution in [2.24, 2.45) is 0 Å². The molecule has 0 aliphatic rings. The Morgan fingerprint density at radius 3 is 2.29 bits per heavy atom. The van der Waals surface area contributed by atoms with E-state index >= 15 is 0 Å². The summed E-state index contributed by atoms with van der Waals surface area (Å²) in [7, 11) is 0. The Morgan fingerprint density at radius 2 is 1.71 bits per heavy atom. The summed E-state index contributed by atoms with van der Waals surface area (Å²) >= 11 is 8.86. The molecule has 0 bridgehead atoms. The van der Waals surface area contributed by atoms with Crippen molar-refractivity contribution < 1.29 is 0 Å². The first kappa shape index (κ1) is 16.0. The van der Waals surface area contributed by atoms with Gasteiger partial charge in [0.05, 0.1) is 6.04 Å². The van der Waals surface area contributed by atoms with E-state index in [0.29, 0.717) is 5.11 Å². The molecular formula is C17H19BrN2S. The highest BCUT2D eigenvalue weighted by Gasteiger charge is 2.10. The van der Waals surface area contributed by atoms with Gasteiger partial charge in [-0.2, -0.15) is 0 Å². The molecule has 2 N–H and O–H groups in total. The predicted molar refractivity (Wildman–Crippen MR) is 97.7 cm³/mol. The lowest BCUT2D eigenvalue weighted by atomic mass is 10.1. The zero-order valence-electron chi connectivity index (χ0n) is 12.2. The summed E-state index contributed by atoms with van der Waals surface area (Å²) in [5.74, 6) is 0. The second-order valence-corrected chi connectivity index (χ2v) is 6.30. The summed E-state index contributed by atoms with van der Waals surface area (Å²) in [5, 5.41) is 7.24. The lowest BCUT2D eigenvalue weighted by Gasteiger charge is -2.20. The van der Waals surface area contributed by atoms with E-state index < -0.39 is 0 Å². The molecule has 0 saturated heterocycles. The first-order valence-corrected chi connectivity index (χ1v) is 8.18. The summed E-state index contributed by atoms with van der Waals surface area (Å²) in [6, 6.07) is 16.7. The summed E-state index contributed by atoms with van der Waals surface area (Å²) in [6.07, 6.45) is 0.970. The van der Waals surface area contributed by atoms with Crippen molar-refractivity contribution in [1.82, 2.24) is 5.32 Å². The first-order chi connectivity index (χ1) is 10.1. The maximum Gasteiger partial charge on any atom is 0.171 e. The van der Waals surface area contributed by atoms with Crippen molar-refractivity contribution in [3.05, 3.63) is 64.1 Å². The number of halogens is 1. The highest BCUT2D eigenvalue weighted by Crippen LogP contribution is 2.19. The van der Waals surface area contributed by atoms with Crippen molar-refractivity contribution in [2.45, 2.75) is 26.3 Å². The lowest BCUT2D eigenvalue weighted by Crippen LogP contribution is -2.32. The number of thiocarbonyl (C=S) groups is 1. The average Bonchev–Trinajstić information content (AvgIpc) is 2.48. The minimum Gasteiger partial charge on any atom is -0.356 e. The minimum atomic E-state index is 0.212. The van der Waals surface area contributed by atoms with Gasteiger partial charge in [0.15, 0.2) is 5.11 Å². The van der Waals surface area contributed by atoms with Crippen LogP contribution in [0.4, 0.5) is 5.69 Å². The Kier molecular flexibility index (Phi) is 5.76. The number of rotatable bonds is 4. The lowest BCUT2D eigenvalue weighted by molar-refractivity contribution is 0.629. The van der Waals surface area contributed by atoms with E-state index in [1.807, 2.05) is 12.1 Å². The van der Waals surface area contributed by atoms with E-state index in [0.717, 1.165) is 16.6 Å². The van der Waals surface area contributed by atoms with Crippen LogP contribution >= 0.6 is 28.1 Å². The quantitative estimate of drug-likeness (QED) is 0.731. The van der Waals surface area contributed by atoms with E-state index in [9.17, 15) is 0 Å². The van der Waals surface area contributed by atoms with Crippen molar-refractivity contribution in [3.8, 4) is 0 Å². The van der Waals surface area contributed by atoms with Gasteiger partial charge in [-0.15, -0.1) is 0 Å². The summed E-state index contributed by atoms with van der Waals surface area (Å²) in [5.41, 5.74) is 3.47.